The molecular weight excluding hydrogens is 624 g/mol. The number of ether oxygens (including phenoxy) is 1. The van der Waals surface area contributed by atoms with E-state index in [1.54, 1.807) is 6.20 Å². The second kappa shape index (κ2) is 18.5. The van der Waals surface area contributed by atoms with E-state index in [1.165, 1.54) is 4.90 Å². The molecule has 3 rings (SSSR count). The first-order chi connectivity index (χ1) is 22.0. The van der Waals surface area contributed by atoms with Crippen LogP contribution in [0.1, 0.15) is 63.9 Å². The van der Waals surface area contributed by atoms with E-state index in [0.717, 1.165) is 63.7 Å². The average Bonchev–Trinajstić information content (AvgIpc) is 3.01. The van der Waals surface area contributed by atoms with Crippen LogP contribution in [0, 0.1) is 28.4 Å². The maximum Gasteiger partial charge on any atom is 0.227 e. The monoisotopic (exact) mass is 672 g/mol. The number of rotatable bonds is 18. The molecule has 5 N–H and O–H groups in total. The highest BCUT2D eigenvalue weighted by Crippen LogP contribution is 2.26. The fourth-order valence-corrected chi connectivity index (χ4v) is 5.94. The Kier molecular flexibility index (Phi) is 15.1. The maximum atomic E-state index is 14.8. The molecule has 2 heterocycles. The van der Waals surface area contributed by atoms with E-state index < -0.39 is 43.4 Å². The minimum absolute atomic E-state index is 0.0904. The molecule has 1 aromatic carbocycles. The van der Waals surface area contributed by atoms with Crippen molar-refractivity contribution in [2.75, 3.05) is 59.1 Å². The first kappa shape index (κ1) is 37.6. The summed E-state index contributed by atoms with van der Waals surface area (Å²) in [5, 5.41) is 28.7. The number of nitroso groups, excluding NO2 is 1. The highest BCUT2D eigenvalue weighted by Gasteiger charge is 2.35. The van der Waals surface area contributed by atoms with E-state index >= 15 is 0 Å². The van der Waals surface area contributed by atoms with E-state index in [4.69, 9.17) is 32.3 Å². The summed E-state index contributed by atoms with van der Waals surface area (Å²) in [4.78, 5) is 32.4. The van der Waals surface area contributed by atoms with Crippen LogP contribution in [0.5, 0.6) is 5.75 Å². The van der Waals surface area contributed by atoms with Crippen molar-refractivity contribution >= 4 is 23.5 Å². The summed E-state index contributed by atoms with van der Waals surface area (Å²) < 4.78 is 35.8. The Morgan fingerprint density at radius 3 is 2.37 bits per heavy atom. The average molecular weight is 673 g/mol. The zero-order valence-corrected chi connectivity index (χ0v) is 27.4. The molecule has 0 unspecified atom stereocenters. The van der Waals surface area contributed by atoms with Crippen LogP contribution in [0.3, 0.4) is 0 Å². The number of guanidine groups is 1. The standard InChI is InChI=1S/C32H49ClF2N5O6/c1-2-5-25(33)17-37-31(36)38-11-8-23(9-12-38)7-4-13-46-26-14-28(34)27(29(35)15-26)16-30(43)39-18-24(19-39)6-3-10-40(45)20-32(44,21-41)22-42/h14-15,17,23-24,41-42,44H,2-13,16,18-22H2,1H3,(H2,36,37)/q+1/b25-17+. The van der Waals surface area contributed by atoms with E-state index in [-0.39, 0.29) is 29.7 Å². The van der Waals surface area contributed by atoms with Crippen LogP contribution in [-0.4, -0.2) is 106 Å². The molecule has 46 heavy (non-hydrogen) atoms. The van der Waals surface area contributed by atoms with Gasteiger partial charge in [-0.25, -0.2) is 13.8 Å². The molecule has 258 valence electrons. The third-order valence-electron chi connectivity index (χ3n) is 8.62. The van der Waals surface area contributed by atoms with Crippen molar-refractivity contribution < 1.29 is 38.4 Å². The molecule has 0 radical (unpaired) electrons. The number of amides is 1. The lowest BCUT2D eigenvalue weighted by Gasteiger charge is -2.39. The van der Waals surface area contributed by atoms with Crippen LogP contribution in [0.15, 0.2) is 28.4 Å². The zero-order valence-electron chi connectivity index (χ0n) is 26.7. The number of hydrogen-bond acceptors (Lipinski definition) is 7. The Bertz CT molecular complexity index is 1190. The number of nitrogens with two attached hydrogens (primary N) is 1. The molecule has 0 saturated carbocycles. The van der Waals surface area contributed by atoms with Gasteiger partial charge in [-0.05, 0) is 50.4 Å². The van der Waals surface area contributed by atoms with Gasteiger partial charge in [-0.1, -0.05) is 24.9 Å². The van der Waals surface area contributed by atoms with Gasteiger partial charge >= 0.3 is 0 Å². The number of aliphatic hydroxyl groups excluding tert-OH is 2. The lowest BCUT2D eigenvalue weighted by atomic mass is 9.92. The molecule has 0 spiro atoms. The molecule has 0 bridgehead atoms. The highest BCUT2D eigenvalue weighted by atomic mass is 35.5. The number of nitrogens with zero attached hydrogens (tertiary/aromatic N) is 4. The summed E-state index contributed by atoms with van der Waals surface area (Å²) in [6.07, 6.45) is 7.70. The molecule has 14 heteroatoms. The van der Waals surface area contributed by atoms with Crippen LogP contribution in [-0.2, 0) is 11.2 Å². The SMILES string of the molecule is CCC/C(Cl)=C\N=C(N)N1CCC(CCCOc2cc(F)c(CC(=O)N3CC(CCC[N+](=O)CC(O)(CO)CO)C3)c(F)c2)CC1. The van der Waals surface area contributed by atoms with Crippen molar-refractivity contribution in [3.63, 3.8) is 0 Å². The Morgan fingerprint density at radius 2 is 1.76 bits per heavy atom. The molecular formula is C32H49ClF2N5O6+. The Balaban J connectivity index is 1.33. The molecule has 2 aliphatic heterocycles. The van der Waals surface area contributed by atoms with Gasteiger partial charge in [0, 0.05) is 71.2 Å². The molecule has 2 aliphatic rings. The lowest BCUT2D eigenvalue weighted by molar-refractivity contribution is -0.567. The topological polar surface area (TPSA) is 152 Å². The summed E-state index contributed by atoms with van der Waals surface area (Å²) in [6, 6.07) is 2.24. The summed E-state index contributed by atoms with van der Waals surface area (Å²) in [6.45, 7) is 3.11. The van der Waals surface area contributed by atoms with Gasteiger partial charge in [0.2, 0.25) is 12.5 Å². The Morgan fingerprint density at radius 1 is 1.13 bits per heavy atom. The number of allylic oxidation sites excluding steroid dienone is 1. The van der Waals surface area contributed by atoms with Gasteiger partial charge in [0.05, 0.1) is 26.2 Å². The summed E-state index contributed by atoms with van der Waals surface area (Å²) in [5.41, 5.74) is 3.97. The van der Waals surface area contributed by atoms with E-state index in [0.29, 0.717) is 54.2 Å². The van der Waals surface area contributed by atoms with Crippen LogP contribution >= 0.6 is 11.6 Å². The third-order valence-corrected chi connectivity index (χ3v) is 8.91. The van der Waals surface area contributed by atoms with Gasteiger partial charge in [0.15, 0.2) is 18.1 Å². The molecule has 11 nitrogen and oxygen atoms in total. The molecule has 0 aromatic heterocycles. The molecule has 2 fully saturated rings. The number of piperidine rings is 1. The van der Waals surface area contributed by atoms with Crippen molar-refractivity contribution in [1.82, 2.24) is 9.80 Å². The minimum atomic E-state index is -1.84. The molecule has 1 amide bonds. The van der Waals surface area contributed by atoms with Gasteiger partial charge in [0.1, 0.15) is 17.4 Å². The number of carbonyl (C=O) groups excluding carboxylic acids is 1. The fraction of sp³-hybridized carbons (Fsp3) is 0.688. The summed E-state index contributed by atoms with van der Waals surface area (Å²) in [7, 11) is 0. The van der Waals surface area contributed by atoms with Crippen LogP contribution in [0.4, 0.5) is 8.78 Å². The van der Waals surface area contributed by atoms with Crippen molar-refractivity contribution in [1.29, 1.82) is 0 Å². The van der Waals surface area contributed by atoms with Crippen LogP contribution in [0.25, 0.3) is 0 Å². The predicted octanol–water partition coefficient (Wildman–Crippen LogP) is 3.31. The number of likely N-dealkylation sites (tertiary alicyclic amines) is 2. The summed E-state index contributed by atoms with van der Waals surface area (Å²) in [5.74, 6) is -0.794. The highest BCUT2D eigenvalue weighted by molar-refractivity contribution is 6.29. The normalized spacial score (nSPS) is 16.9. The second-order valence-corrected chi connectivity index (χ2v) is 13.0. The molecule has 1 aromatic rings. The van der Waals surface area contributed by atoms with Gasteiger partial charge in [0.25, 0.3) is 0 Å². The second-order valence-electron chi connectivity index (χ2n) is 12.5. The van der Waals surface area contributed by atoms with Crippen molar-refractivity contribution in [2.45, 2.75) is 70.3 Å². The number of benzene rings is 1. The first-order valence-corrected chi connectivity index (χ1v) is 16.5. The van der Waals surface area contributed by atoms with Crippen molar-refractivity contribution in [3.8, 4) is 5.75 Å². The number of carbonyl (C=O) groups is 1. The van der Waals surface area contributed by atoms with Gasteiger partial charge < -0.3 is 35.6 Å². The third kappa shape index (κ3) is 11.7. The maximum absolute atomic E-state index is 14.8. The van der Waals surface area contributed by atoms with E-state index in [9.17, 15) is 23.6 Å². The largest absolute Gasteiger partial charge is 0.493 e. The molecule has 0 atom stereocenters. The molecule has 0 aliphatic carbocycles. The van der Waals surface area contributed by atoms with Crippen LogP contribution in [0.2, 0.25) is 0 Å². The summed E-state index contributed by atoms with van der Waals surface area (Å²) >= 11 is 6.10. The van der Waals surface area contributed by atoms with Crippen molar-refractivity contribution in [2.24, 2.45) is 22.6 Å². The van der Waals surface area contributed by atoms with Gasteiger partial charge in [-0.2, -0.15) is 0 Å². The smallest absolute Gasteiger partial charge is 0.227 e. The first-order valence-electron chi connectivity index (χ1n) is 16.1. The Hall–Kier alpha value is -2.87. The quantitative estimate of drug-likeness (QED) is 0.0803. The van der Waals surface area contributed by atoms with E-state index in [2.05, 4.69) is 4.99 Å². The molecule has 2 saturated heterocycles. The fourth-order valence-electron chi connectivity index (χ4n) is 5.70. The zero-order chi connectivity index (χ0) is 33.7. The number of hydrogen-bond donors (Lipinski definition) is 4. The van der Waals surface area contributed by atoms with Crippen LogP contribution < -0.4 is 10.5 Å². The number of aliphatic hydroxyl groups is 3. The number of aliphatic imine (C=N–C) groups is 1. The Labute approximate surface area is 274 Å². The van der Waals surface area contributed by atoms with Gasteiger partial charge in [-0.15, -0.1) is 0 Å². The predicted molar refractivity (Wildman–Crippen MR) is 171 cm³/mol. The van der Waals surface area contributed by atoms with Crippen molar-refractivity contribution in [3.05, 3.63) is 45.5 Å². The number of halogens is 3. The van der Waals surface area contributed by atoms with E-state index in [1.807, 2.05) is 11.8 Å². The van der Waals surface area contributed by atoms with Gasteiger partial charge in [-0.3, -0.25) is 4.79 Å². The minimum Gasteiger partial charge on any atom is -0.493 e. The lowest BCUT2D eigenvalue weighted by Crippen LogP contribution is -2.50.